The smallest absolute Gasteiger partial charge is 0.306 e. The molecule has 1 N–H and O–H groups in total. The highest BCUT2D eigenvalue weighted by atomic mass is 32.1. The molecular formula is C20H23N5O2S. The van der Waals surface area contributed by atoms with Crippen LogP contribution in [0.15, 0.2) is 42.7 Å². The maximum Gasteiger partial charge on any atom is 0.306 e. The van der Waals surface area contributed by atoms with Gasteiger partial charge in [0.1, 0.15) is 16.6 Å². The molecule has 0 amide bonds. The lowest BCUT2D eigenvalue weighted by Crippen LogP contribution is -2.21. The number of ether oxygens (including phenoxy) is 1. The number of nitrogens with one attached hydrogen (secondary N) is 1. The average Bonchev–Trinajstić information content (AvgIpc) is 3.15. The highest BCUT2D eigenvalue weighted by Crippen LogP contribution is 2.26. The molecule has 0 bridgehead atoms. The van der Waals surface area contributed by atoms with Crippen LogP contribution in [0.25, 0.3) is 10.6 Å². The van der Waals surface area contributed by atoms with Crippen molar-refractivity contribution in [3.05, 3.63) is 53.3 Å². The highest BCUT2D eigenvalue weighted by Gasteiger charge is 2.10. The van der Waals surface area contributed by atoms with E-state index in [2.05, 4.69) is 25.0 Å². The fraction of sp³-hybridized carbons (Fsp3) is 0.300. The number of hydrogen-bond donors (Lipinski definition) is 1. The molecule has 0 aliphatic carbocycles. The van der Waals surface area contributed by atoms with Crippen molar-refractivity contribution in [2.45, 2.75) is 19.9 Å². The van der Waals surface area contributed by atoms with Crippen LogP contribution in [0.1, 0.15) is 17.0 Å². The largest absolute Gasteiger partial charge is 0.469 e. The summed E-state index contributed by atoms with van der Waals surface area (Å²) in [5.41, 5.74) is 2.00. The van der Waals surface area contributed by atoms with Gasteiger partial charge in [0.15, 0.2) is 0 Å². The number of aryl methyl sites for hydroxylation is 1. The number of nitrogens with zero attached hydrogens (tertiary/aromatic N) is 4. The van der Waals surface area contributed by atoms with Gasteiger partial charge in [-0.3, -0.25) is 9.69 Å². The van der Waals surface area contributed by atoms with Gasteiger partial charge in [-0.2, -0.15) is 0 Å². The third-order valence-corrected chi connectivity index (χ3v) is 5.06. The van der Waals surface area contributed by atoms with Crippen LogP contribution >= 0.6 is 11.3 Å². The van der Waals surface area contributed by atoms with Crippen molar-refractivity contribution < 1.29 is 9.53 Å². The summed E-state index contributed by atoms with van der Waals surface area (Å²) in [4.78, 5) is 27.8. The zero-order valence-corrected chi connectivity index (χ0v) is 17.0. The number of methoxy groups -OCH3 is 1. The summed E-state index contributed by atoms with van der Waals surface area (Å²) in [6, 6.07) is 9.77. The number of esters is 1. The van der Waals surface area contributed by atoms with Crippen molar-refractivity contribution in [1.29, 1.82) is 0 Å². The highest BCUT2D eigenvalue weighted by molar-refractivity contribution is 7.15. The molecule has 3 aromatic heterocycles. The molecule has 8 heteroatoms. The molecule has 28 heavy (non-hydrogen) atoms. The van der Waals surface area contributed by atoms with Crippen LogP contribution in [0.4, 0.5) is 11.6 Å². The monoisotopic (exact) mass is 397 g/mol. The number of pyridine rings is 2. The second kappa shape index (κ2) is 9.38. The molecule has 146 valence electrons. The predicted molar refractivity (Wildman–Crippen MR) is 111 cm³/mol. The summed E-state index contributed by atoms with van der Waals surface area (Å²) < 4.78 is 4.68. The van der Waals surface area contributed by atoms with Gasteiger partial charge in [0.25, 0.3) is 0 Å². The average molecular weight is 398 g/mol. The van der Waals surface area contributed by atoms with Crippen LogP contribution in [-0.2, 0) is 16.1 Å². The minimum atomic E-state index is -0.205. The molecule has 0 saturated heterocycles. The van der Waals surface area contributed by atoms with Crippen LogP contribution in [0.2, 0.25) is 0 Å². The molecule has 0 saturated carbocycles. The lowest BCUT2D eigenvalue weighted by Gasteiger charge is -2.13. The van der Waals surface area contributed by atoms with Gasteiger partial charge < -0.3 is 10.1 Å². The molecule has 3 heterocycles. The molecule has 0 aromatic carbocycles. The Kier molecular flexibility index (Phi) is 6.67. The van der Waals surface area contributed by atoms with Crippen molar-refractivity contribution in [2.24, 2.45) is 0 Å². The number of aromatic nitrogens is 3. The third kappa shape index (κ3) is 5.58. The van der Waals surface area contributed by atoms with E-state index in [1.54, 1.807) is 17.5 Å². The first kappa shape index (κ1) is 19.9. The number of carbonyl (C=O) groups excluding carboxylic acids is 1. The van der Waals surface area contributed by atoms with Crippen molar-refractivity contribution in [3.8, 4) is 10.6 Å². The van der Waals surface area contributed by atoms with Crippen LogP contribution in [0.3, 0.4) is 0 Å². The van der Waals surface area contributed by atoms with Gasteiger partial charge in [0, 0.05) is 18.9 Å². The van der Waals surface area contributed by atoms with Crippen LogP contribution in [0.5, 0.6) is 0 Å². The number of carbonyl (C=O) groups is 1. The van der Waals surface area contributed by atoms with E-state index in [1.165, 1.54) is 7.11 Å². The lowest BCUT2D eigenvalue weighted by atomic mass is 10.3. The number of anilines is 2. The Bertz CT molecular complexity index is 944. The first-order valence-electron chi connectivity index (χ1n) is 8.90. The quantitative estimate of drug-likeness (QED) is 0.581. The Hall–Kier alpha value is -2.84. The van der Waals surface area contributed by atoms with Gasteiger partial charge >= 0.3 is 5.97 Å². The van der Waals surface area contributed by atoms with E-state index in [0.29, 0.717) is 19.5 Å². The fourth-order valence-electron chi connectivity index (χ4n) is 2.57. The van der Waals surface area contributed by atoms with Crippen LogP contribution in [0, 0.1) is 6.92 Å². The van der Waals surface area contributed by atoms with Gasteiger partial charge in [-0.25, -0.2) is 15.0 Å². The van der Waals surface area contributed by atoms with E-state index in [0.717, 1.165) is 32.8 Å². The minimum Gasteiger partial charge on any atom is -0.469 e. The van der Waals surface area contributed by atoms with Crippen molar-refractivity contribution in [2.75, 3.05) is 26.0 Å². The van der Waals surface area contributed by atoms with Gasteiger partial charge in [0.2, 0.25) is 0 Å². The fourth-order valence-corrected chi connectivity index (χ4v) is 3.54. The van der Waals surface area contributed by atoms with E-state index in [4.69, 9.17) is 0 Å². The summed E-state index contributed by atoms with van der Waals surface area (Å²) >= 11 is 1.60. The van der Waals surface area contributed by atoms with Crippen molar-refractivity contribution in [1.82, 2.24) is 19.9 Å². The summed E-state index contributed by atoms with van der Waals surface area (Å²) in [5.74, 6) is 1.30. The summed E-state index contributed by atoms with van der Waals surface area (Å²) in [6.45, 7) is 3.33. The van der Waals surface area contributed by atoms with Gasteiger partial charge in [-0.05, 0) is 43.8 Å². The summed E-state index contributed by atoms with van der Waals surface area (Å²) in [7, 11) is 3.36. The Morgan fingerprint density at radius 1 is 1.25 bits per heavy atom. The maximum absolute atomic E-state index is 11.3. The van der Waals surface area contributed by atoms with Crippen LogP contribution < -0.4 is 5.32 Å². The third-order valence-electron chi connectivity index (χ3n) is 4.06. The molecule has 0 fully saturated rings. The van der Waals surface area contributed by atoms with Gasteiger partial charge in [-0.15, -0.1) is 11.3 Å². The molecule has 0 radical (unpaired) electrons. The molecule has 0 aliphatic heterocycles. The van der Waals surface area contributed by atoms with Gasteiger partial charge in [0.05, 0.1) is 30.6 Å². The topological polar surface area (TPSA) is 80.2 Å². The number of rotatable bonds is 8. The number of hydrogen-bond acceptors (Lipinski definition) is 8. The molecule has 3 aromatic rings. The van der Waals surface area contributed by atoms with Crippen molar-refractivity contribution in [3.63, 3.8) is 0 Å². The van der Waals surface area contributed by atoms with E-state index in [-0.39, 0.29) is 5.97 Å². The summed E-state index contributed by atoms with van der Waals surface area (Å²) in [6.07, 6.45) is 3.98. The first-order valence-corrected chi connectivity index (χ1v) is 9.72. The summed E-state index contributed by atoms with van der Waals surface area (Å²) in [5, 5.41) is 4.21. The molecule has 7 nitrogen and oxygen atoms in total. The molecule has 0 unspecified atom stereocenters. The Labute approximate surface area is 168 Å². The number of thiazole rings is 1. The maximum atomic E-state index is 11.3. The zero-order chi connectivity index (χ0) is 19.9. The molecular weight excluding hydrogens is 374 g/mol. The van der Waals surface area contributed by atoms with E-state index >= 15 is 0 Å². The molecule has 3 rings (SSSR count). The standard InChI is InChI=1S/C20H23N5O2S/c1-14-7-9-21-18(11-14)24-17-6-4-5-15(23-17)16-12-22-19(28-16)13-25(2)10-8-20(26)27-3/h4-7,9,11-12H,8,10,13H2,1-3H3,(H,21,23,24). The second-order valence-electron chi connectivity index (χ2n) is 6.43. The predicted octanol–water partition coefficient (Wildman–Crippen LogP) is 3.65. The SMILES string of the molecule is COC(=O)CCN(C)Cc1ncc(-c2cccc(Nc3cc(C)ccn3)n2)s1. The van der Waals surface area contributed by atoms with Crippen LogP contribution in [-0.4, -0.2) is 46.5 Å². The van der Waals surface area contributed by atoms with E-state index in [1.807, 2.05) is 55.4 Å². The zero-order valence-electron chi connectivity index (χ0n) is 16.2. The Balaban J connectivity index is 1.65. The Morgan fingerprint density at radius 2 is 2.11 bits per heavy atom. The Morgan fingerprint density at radius 3 is 2.89 bits per heavy atom. The molecule has 0 spiro atoms. The van der Waals surface area contributed by atoms with E-state index < -0.39 is 0 Å². The normalized spacial score (nSPS) is 10.9. The van der Waals surface area contributed by atoms with Crippen molar-refractivity contribution >= 4 is 28.9 Å². The molecule has 0 aliphatic rings. The second-order valence-corrected chi connectivity index (χ2v) is 7.55. The lowest BCUT2D eigenvalue weighted by molar-refractivity contribution is -0.140. The van der Waals surface area contributed by atoms with E-state index in [9.17, 15) is 4.79 Å². The van der Waals surface area contributed by atoms with Gasteiger partial charge in [-0.1, -0.05) is 6.07 Å². The first-order chi connectivity index (χ1) is 13.5. The minimum absolute atomic E-state index is 0.205. The molecule has 0 atom stereocenters.